The summed E-state index contributed by atoms with van der Waals surface area (Å²) in [7, 11) is 0. The lowest BCUT2D eigenvalue weighted by Crippen LogP contribution is -2.34. The zero-order valence-corrected chi connectivity index (χ0v) is 15.8. The molecule has 0 bridgehead atoms. The van der Waals surface area contributed by atoms with E-state index in [4.69, 9.17) is 14.2 Å². The molecule has 6 heteroatoms. The van der Waals surface area contributed by atoms with Gasteiger partial charge in [-0.15, -0.1) is 0 Å². The molecule has 0 atom stereocenters. The van der Waals surface area contributed by atoms with Crippen molar-refractivity contribution in [1.82, 2.24) is 4.90 Å². The topological polar surface area (TPSA) is 65.1 Å². The molecule has 0 N–H and O–H groups in total. The SMILES string of the molecule is CCOc1cc(CC(=O)OC(C)C)ccc1OCC(=O)N(CC)CC. The van der Waals surface area contributed by atoms with Crippen LogP contribution in [-0.2, 0) is 20.7 Å². The Bertz CT molecular complexity index is 567. The van der Waals surface area contributed by atoms with Gasteiger partial charge >= 0.3 is 5.97 Å². The van der Waals surface area contributed by atoms with E-state index in [1.165, 1.54) is 0 Å². The van der Waals surface area contributed by atoms with Crippen molar-refractivity contribution in [3.05, 3.63) is 23.8 Å². The third kappa shape index (κ3) is 7.03. The van der Waals surface area contributed by atoms with E-state index in [0.29, 0.717) is 31.2 Å². The Morgan fingerprint density at radius 1 is 1.04 bits per heavy atom. The van der Waals surface area contributed by atoms with E-state index in [1.807, 2.05) is 34.6 Å². The van der Waals surface area contributed by atoms with Gasteiger partial charge in [-0.3, -0.25) is 9.59 Å². The quantitative estimate of drug-likeness (QED) is 0.607. The van der Waals surface area contributed by atoms with Crippen LogP contribution in [0.3, 0.4) is 0 Å². The summed E-state index contributed by atoms with van der Waals surface area (Å²) in [6.45, 7) is 11.1. The molecule has 0 aliphatic rings. The van der Waals surface area contributed by atoms with Gasteiger partial charge in [0.05, 0.1) is 19.1 Å². The van der Waals surface area contributed by atoms with E-state index >= 15 is 0 Å². The molecule has 25 heavy (non-hydrogen) atoms. The van der Waals surface area contributed by atoms with Crippen molar-refractivity contribution < 1.29 is 23.8 Å². The molecular formula is C19H29NO5. The second kappa shape index (κ2) is 10.6. The Morgan fingerprint density at radius 2 is 1.72 bits per heavy atom. The summed E-state index contributed by atoms with van der Waals surface area (Å²) in [5.74, 6) is 0.646. The Hall–Kier alpha value is -2.24. The summed E-state index contributed by atoms with van der Waals surface area (Å²) in [4.78, 5) is 25.6. The molecule has 0 aromatic heterocycles. The van der Waals surface area contributed by atoms with Crippen LogP contribution in [0.4, 0.5) is 0 Å². The molecule has 1 aromatic rings. The summed E-state index contributed by atoms with van der Waals surface area (Å²) < 4.78 is 16.4. The molecule has 0 aliphatic carbocycles. The van der Waals surface area contributed by atoms with Gasteiger partial charge in [0.2, 0.25) is 0 Å². The number of hydrogen-bond acceptors (Lipinski definition) is 5. The first kappa shape index (κ1) is 20.8. The molecule has 0 heterocycles. The van der Waals surface area contributed by atoms with Crippen LogP contribution in [0.25, 0.3) is 0 Å². The second-order valence-electron chi connectivity index (χ2n) is 5.78. The third-order valence-electron chi connectivity index (χ3n) is 3.49. The fourth-order valence-electron chi connectivity index (χ4n) is 2.33. The maximum Gasteiger partial charge on any atom is 0.310 e. The molecule has 1 amide bonds. The van der Waals surface area contributed by atoms with Crippen molar-refractivity contribution in [2.75, 3.05) is 26.3 Å². The second-order valence-corrected chi connectivity index (χ2v) is 5.78. The van der Waals surface area contributed by atoms with E-state index in [2.05, 4.69) is 0 Å². The van der Waals surface area contributed by atoms with Crippen molar-refractivity contribution in [3.63, 3.8) is 0 Å². The van der Waals surface area contributed by atoms with Crippen LogP contribution < -0.4 is 9.47 Å². The number of esters is 1. The Balaban J connectivity index is 2.80. The fraction of sp³-hybridized carbons (Fsp3) is 0.579. The number of carbonyl (C=O) groups is 2. The Labute approximate surface area is 150 Å². The van der Waals surface area contributed by atoms with Gasteiger partial charge in [-0.05, 0) is 52.3 Å². The molecule has 0 saturated heterocycles. The average molecular weight is 351 g/mol. The Kier molecular flexibility index (Phi) is 8.81. The normalized spacial score (nSPS) is 10.5. The summed E-state index contributed by atoms with van der Waals surface area (Å²) >= 11 is 0. The zero-order valence-electron chi connectivity index (χ0n) is 15.8. The third-order valence-corrected chi connectivity index (χ3v) is 3.49. The van der Waals surface area contributed by atoms with Crippen LogP contribution in [0.5, 0.6) is 11.5 Å². The van der Waals surface area contributed by atoms with Crippen molar-refractivity contribution >= 4 is 11.9 Å². The van der Waals surface area contributed by atoms with E-state index < -0.39 is 0 Å². The van der Waals surface area contributed by atoms with E-state index in [9.17, 15) is 9.59 Å². The summed E-state index contributed by atoms with van der Waals surface area (Å²) in [6.07, 6.45) is 0.0178. The molecular weight excluding hydrogens is 322 g/mol. The molecule has 6 nitrogen and oxygen atoms in total. The number of benzene rings is 1. The molecule has 0 fully saturated rings. The molecule has 1 aromatic carbocycles. The summed E-state index contributed by atoms with van der Waals surface area (Å²) in [6, 6.07) is 5.25. The lowest BCUT2D eigenvalue weighted by atomic mass is 10.1. The molecule has 1 rings (SSSR count). The molecule has 0 unspecified atom stereocenters. The molecule has 140 valence electrons. The van der Waals surface area contributed by atoms with Crippen LogP contribution >= 0.6 is 0 Å². The number of hydrogen-bond donors (Lipinski definition) is 0. The number of ether oxygens (including phenoxy) is 3. The van der Waals surface area contributed by atoms with Gasteiger partial charge in [0, 0.05) is 13.1 Å². The predicted octanol–water partition coefficient (Wildman–Crippen LogP) is 2.83. The number of carbonyl (C=O) groups excluding carboxylic acids is 2. The van der Waals surface area contributed by atoms with E-state index in [-0.39, 0.29) is 31.0 Å². The van der Waals surface area contributed by atoms with Gasteiger partial charge in [-0.25, -0.2) is 0 Å². The molecule has 0 spiro atoms. The van der Waals surface area contributed by atoms with Gasteiger partial charge in [0.1, 0.15) is 0 Å². The van der Waals surface area contributed by atoms with Crippen molar-refractivity contribution in [2.24, 2.45) is 0 Å². The van der Waals surface area contributed by atoms with Gasteiger partial charge < -0.3 is 19.1 Å². The summed E-state index contributed by atoms with van der Waals surface area (Å²) in [5.41, 5.74) is 0.775. The minimum atomic E-state index is -0.289. The van der Waals surface area contributed by atoms with E-state index in [0.717, 1.165) is 5.56 Å². The number of likely N-dealkylation sites (N-methyl/N-ethyl adjacent to an activating group) is 1. The monoisotopic (exact) mass is 351 g/mol. The highest BCUT2D eigenvalue weighted by Gasteiger charge is 2.14. The Morgan fingerprint density at radius 3 is 2.28 bits per heavy atom. The standard InChI is InChI=1S/C19H29NO5/c1-6-20(7-2)18(21)13-24-16-10-9-15(11-17(16)23-8-3)12-19(22)25-14(4)5/h9-11,14H,6-8,12-13H2,1-5H3. The first-order valence-electron chi connectivity index (χ1n) is 8.76. The van der Waals surface area contributed by atoms with Gasteiger partial charge in [-0.2, -0.15) is 0 Å². The maximum atomic E-state index is 12.1. The average Bonchev–Trinajstić information content (AvgIpc) is 2.54. The fourth-order valence-corrected chi connectivity index (χ4v) is 2.33. The van der Waals surface area contributed by atoms with Crippen LogP contribution in [0.1, 0.15) is 40.2 Å². The number of amides is 1. The largest absolute Gasteiger partial charge is 0.490 e. The molecule has 0 aliphatic heterocycles. The summed E-state index contributed by atoms with van der Waals surface area (Å²) in [5, 5.41) is 0. The highest BCUT2D eigenvalue weighted by atomic mass is 16.5. The van der Waals surface area contributed by atoms with Crippen LogP contribution in [0, 0.1) is 0 Å². The lowest BCUT2D eigenvalue weighted by Gasteiger charge is -2.19. The highest BCUT2D eigenvalue weighted by molar-refractivity contribution is 5.78. The minimum absolute atomic E-state index is 0.0451. The van der Waals surface area contributed by atoms with Gasteiger partial charge in [0.15, 0.2) is 18.1 Å². The zero-order chi connectivity index (χ0) is 18.8. The molecule has 0 saturated carbocycles. The number of nitrogens with zero attached hydrogens (tertiary/aromatic N) is 1. The first-order valence-corrected chi connectivity index (χ1v) is 8.76. The highest BCUT2D eigenvalue weighted by Crippen LogP contribution is 2.29. The van der Waals surface area contributed by atoms with Crippen LogP contribution in [-0.4, -0.2) is 49.2 Å². The predicted molar refractivity (Wildman–Crippen MR) is 96.0 cm³/mol. The van der Waals surface area contributed by atoms with E-state index in [1.54, 1.807) is 23.1 Å². The van der Waals surface area contributed by atoms with Crippen molar-refractivity contribution in [1.29, 1.82) is 0 Å². The minimum Gasteiger partial charge on any atom is -0.490 e. The van der Waals surface area contributed by atoms with Crippen molar-refractivity contribution in [3.8, 4) is 11.5 Å². The number of rotatable bonds is 10. The lowest BCUT2D eigenvalue weighted by molar-refractivity contribution is -0.146. The molecule has 0 radical (unpaired) electrons. The van der Waals surface area contributed by atoms with Gasteiger partial charge in [0.25, 0.3) is 5.91 Å². The van der Waals surface area contributed by atoms with Crippen molar-refractivity contribution in [2.45, 2.75) is 47.1 Å². The van der Waals surface area contributed by atoms with Crippen LogP contribution in [0.15, 0.2) is 18.2 Å². The maximum absolute atomic E-state index is 12.1. The van der Waals surface area contributed by atoms with Gasteiger partial charge in [-0.1, -0.05) is 6.07 Å². The van der Waals surface area contributed by atoms with Crippen LogP contribution in [0.2, 0.25) is 0 Å². The first-order chi connectivity index (χ1) is 11.9. The smallest absolute Gasteiger partial charge is 0.310 e.